The smallest absolute Gasteiger partial charge is 0.338 e. The van der Waals surface area contributed by atoms with E-state index in [1.807, 2.05) is 40.6 Å². The second-order valence-electron chi connectivity index (χ2n) is 8.76. The van der Waals surface area contributed by atoms with Gasteiger partial charge in [0.05, 0.1) is 48.5 Å². The molecular formula is C27H26N4O6S. The predicted molar refractivity (Wildman–Crippen MR) is 143 cm³/mol. The molecule has 10 nitrogen and oxygen atoms in total. The van der Waals surface area contributed by atoms with Gasteiger partial charge in [-0.15, -0.1) is 0 Å². The van der Waals surface area contributed by atoms with E-state index >= 15 is 0 Å². The maximum Gasteiger partial charge on any atom is 0.338 e. The number of nitrogens with zero attached hydrogens (tertiary/aromatic N) is 4. The van der Waals surface area contributed by atoms with Crippen LogP contribution in [0, 0.1) is 10.1 Å². The lowest BCUT2D eigenvalue weighted by Crippen LogP contribution is -2.42. The van der Waals surface area contributed by atoms with Crippen molar-refractivity contribution in [2.75, 3.05) is 32.9 Å². The topological polar surface area (TPSA) is 115 Å². The number of non-ortho nitro benzene ring substituents is 1. The Labute approximate surface area is 223 Å². The Bertz CT molecular complexity index is 1350. The van der Waals surface area contributed by atoms with Gasteiger partial charge >= 0.3 is 5.97 Å². The van der Waals surface area contributed by atoms with E-state index in [1.54, 1.807) is 24.0 Å². The molecule has 0 spiro atoms. The summed E-state index contributed by atoms with van der Waals surface area (Å²) in [5.41, 5.74) is 2.50. The van der Waals surface area contributed by atoms with Gasteiger partial charge in [-0.1, -0.05) is 54.2 Å². The number of fused-ring (bicyclic) bond motifs is 1. The third-order valence-electron chi connectivity index (χ3n) is 6.45. The SMILES string of the molecule is CCOC(=O)C1=C(c2ccccc2)N=C2SC=C(CC(=O)N3CCOCC3)N2[C@@H]1c1cccc([N+](=O)[O-])c1. The van der Waals surface area contributed by atoms with Crippen molar-refractivity contribution in [3.8, 4) is 0 Å². The maximum atomic E-state index is 13.5. The zero-order valence-corrected chi connectivity index (χ0v) is 21.6. The zero-order chi connectivity index (χ0) is 26.6. The number of ether oxygens (including phenoxy) is 2. The lowest BCUT2D eigenvalue weighted by molar-refractivity contribution is -0.384. The molecule has 1 saturated heterocycles. The summed E-state index contributed by atoms with van der Waals surface area (Å²) < 4.78 is 10.9. The summed E-state index contributed by atoms with van der Waals surface area (Å²) >= 11 is 1.36. The Balaban J connectivity index is 1.63. The zero-order valence-electron chi connectivity index (χ0n) is 20.7. The first-order valence-corrected chi connectivity index (χ1v) is 13.2. The van der Waals surface area contributed by atoms with Crippen molar-refractivity contribution in [3.63, 3.8) is 0 Å². The van der Waals surface area contributed by atoms with Gasteiger partial charge in [-0.3, -0.25) is 14.9 Å². The number of hydrogen-bond acceptors (Lipinski definition) is 9. The van der Waals surface area contributed by atoms with Crippen LogP contribution in [0.5, 0.6) is 0 Å². The summed E-state index contributed by atoms with van der Waals surface area (Å²) in [4.78, 5) is 46.3. The molecule has 1 atom stereocenters. The molecule has 0 aromatic heterocycles. The maximum absolute atomic E-state index is 13.5. The van der Waals surface area contributed by atoms with E-state index in [2.05, 4.69) is 0 Å². The van der Waals surface area contributed by atoms with Crippen LogP contribution in [0.2, 0.25) is 0 Å². The predicted octanol–water partition coefficient (Wildman–Crippen LogP) is 4.12. The summed E-state index contributed by atoms with van der Waals surface area (Å²) in [5.74, 6) is -0.629. The highest BCUT2D eigenvalue weighted by Crippen LogP contribution is 2.47. The minimum Gasteiger partial charge on any atom is -0.463 e. The van der Waals surface area contributed by atoms with Crippen LogP contribution in [0.3, 0.4) is 0 Å². The molecule has 0 saturated carbocycles. The molecular weight excluding hydrogens is 508 g/mol. The fourth-order valence-corrected chi connectivity index (χ4v) is 5.61. The first-order chi connectivity index (χ1) is 18.5. The normalized spacial score (nSPS) is 19.0. The summed E-state index contributed by atoms with van der Waals surface area (Å²) in [7, 11) is 0. The molecule has 2 aromatic rings. The van der Waals surface area contributed by atoms with Crippen LogP contribution in [-0.2, 0) is 19.1 Å². The molecule has 1 amide bonds. The van der Waals surface area contributed by atoms with E-state index < -0.39 is 16.9 Å². The van der Waals surface area contributed by atoms with Crippen LogP contribution < -0.4 is 0 Å². The van der Waals surface area contributed by atoms with Crippen LogP contribution in [0.15, 0.2) is 76.3 Å². The molecule has 38 heavy (non-hydrogen) atoms. The molecule has 0 radical (unpaired) electrons. The van der Waals surface area contributed by atoms with E-state index in [0.29, 0.717) is 48.4 Å². The molecule has 0 N–H and O–H groups in total. The second-order valence-corrected chi connectivity index (χ2v) is 9.60. The number of nitro benzene ring substituents is 1. The number of morpholine rings is 1. The summed E-state index contributed by atoms with van der Waals surface area (Å²) in [6, 6.07) is 14.7. The van der Waals surface area contributed by atoms with Crippen molar-refractivity contribution in [2.24, 2.45) is 4.99 Å². The fraction of sp³-hybridized carbons (Fsp3) is 0.296. The van der Waals surface area contributed by atoms with Crippen molar-refractivity contribution >= 4 is 40.2 Å². The van der Waals surface area contributed by atoms with Crippen molar-refractivity contribution in [2.45, 2.75) is 19.4 Å². The van der Waals surface area contributed by atoms with Crippen molar-refractivity contribution < 1.29 is 24.0 Å². The standard InChI is InChI=1S/C27H26N4O6S/c1-2-37-26(33)23-24(18-7-4-3-5-8-18)28-27-30(25(23)19-9-6-10-20(15-19)31(34)35)21(17-38-27)16-22(32)29-11-13-36-14-12-29/h3-10,15,17,25H,2,11-14,16H2,1H3/t25-/m1/s1. The molecule has 3 aliphatic heterocycles. The number of amidine groups is 1. The van der Waals surface area contributed by atoms with E-state index in [9.17, 15) is 19.7 Å². The average molecular weight is 535 g/mol. The Morgan fingerprint density at radius 3 is 2.63 bits per heavy atom. The fourth-order valence-electron chi connectivity index (χ4n) is 4.69. The van der Waals surface area contributed by atoms with Gasteiger partial charge in [-0.2, -0.15) is 0 Å². The lowest BCUT2D eigenvalue weighted by Gasteiger charge is -2.37. The monoisotopic (exact) mass is 534 g/mol. The highest BCUT2D eigenvalue weighted by Gasteiger charge is 2.43. The number of aliphatic imine (C=N–C) groups is 1. The lowest BCUT2D eigenvalue weighted by atomic mass is 9.91. The van der Waals surface area contributed by atoms with E-state index in [1.165, 1.54) is 23.9 Å². The summed E-state index contributed by atoms with van der Waals surface area (Å²) in [6.45, 7) is 3.88. The summed E-state index contributed by atoms with van der Waals surface area (Å²) in [5, 5.41) is 14.1. The molecule has 1 fully saturated rings. The first-order valence-electron chi connectivity index (χ1n) is 12.3. The van der Waals surface area contributed by atoms with Gasteiger partial charge in [-0.05, 0) is 17.9 Å². The average Bonchev–Trinajstić information content (AvgIpc) is 3.35. The Hall–Kier alpha value is -3.96. The molecule has 3 heterocycles. The number of benzene rings is 2. The van der Waals surface area contributed by atoms with Gasteiger partial charge in [0.1, 0.15) is 0 Å². The van der Waals surface area contributed by atoms with Crippen LogP contribution >= 0.6 is 11.8 Å². The number of hydrogen-bond donors (Lipinski definition) is 0. The van der Waals surface area contributed by atoms with Crippen LogP contribution in [-0.4, -0.2) is 64.7 Å². The van der Waals surface area contributed by atoms with Gasteiger partial charge in [0.2, 0.25) is 5.91 Å². The summed E-state index contributed by atoms with van der Waals surface area (Å²) in [6.07, 6.45) is 0.0915. The van der Waals surface area contributed by atoms with Gasteiger partial charge in [-0.25, -0.2) is 9.79 Å². The van der Waals surface area contributed by atoms with E-state index in [0.717, 1.165) is 5.56 Å². The third kappa shape index (κ3) is 5.07. The van der Waals surface area contributed by atoms with Gasteiger partial charge in [0, 0.05) is 36.5 Å². The number of carbonyl (C=O) groups is 2. The van der Waals surface area contributed by atoms with Crippen LogP contribution in [0.4, 0.5) is 5.69 Å². The number of rotatable bonds is 7. The molecule has 0 aliphatic carbocycles. The molecule has 3 aliphatic rings. The second kappa shape index (κ2) is 11.2. The van der Waals surface area contributed by atoms with E-state index in [4.69, 9.17) is 14.5 Å². The largest absolute Gasteiger partial charge is 0.463 e. The minimum atomic E-state index is -0.782. The third-order valence-corrected chi connectivity index (χ3v) is 7.33. The first kappa shape index (κ1) is 25.7. The Morgan fingerprint density at radius 1 is 1.16 bits per heavy atom. The number of thioether (sulfide) groups is 1. The van der Waals surface area contributed by atoms with Crippen molar-refractivity contribution in [1.82, 2.24) is 9.80 Å². The van der Waals surface area contributed by atoms with E-state index in [-0.39, 0.29) is 30.2 Å². The van der Waals surface area contributed by atoms with Gasteiger partial charge in [0.15, 0.2) is 5.17 Å². The molecule has 2 aromatic carbocycles. The quantitative estimate of drug-likeness (QED) is 0.296. The number of esters is 1. The molecule has 0 unspecified atom stereocenters. The van der Waals surface area contributed by atoms with Crippen LogP contribution in [0.25, 0.3) is 5.70 Å². The Kier molecular flexibility index (Phi) is 7.57. The highest BCUT2D eigenvalue weighted by atomic mass is 32.2. The molecule has 11 heteroatoms. The van der Waals surface area contributed by atoms with Crippen LogP contribution in [0.1, 0.15) is 30.5 Å². The Morgan fingerprint density at radius 2 is 1.92 bits per heavy atom. The van der Waals surface area contributed by atoms with Crippen molar-refractivity contribution in [3.05, 3.63) is 92.5 Å². The van der Waals surface area contributed by atoms with Gasteiger partial charge in [0.25, 0.3) is 5.69 Å². The molecule has 5 rings (SSSR count). The molecule has 0 bridgehead atoms. The number of amides is 1. The highest BCUT2D eigenvalue weighted by molar-refractivity contribution is 8.16. The molecule has 196 valence electrons. The van der Waals surface area contributed by atoms with Gasteiger partial charge < -0.3 is 19.3 Å². The number of nitro groups is 1. The minimum absolute atomic E-state index is 0.0605. The van der Waals surface area contributed by atoms with Crippen molar-refractivity contribution in [1.29, 1.82) is 0 Å². The number of carbonyl (C=O) groups excluding carboxylic acids is 2.